The predicted molar refractivity (Wildman–Crippen MR) is 98.4 cm³/mol. The largest absolute Gasteiger partial charge is 0.334 e. The number of urea groups is 1. The summed E-state index contributed by atoms with van der Waals surface area (Å²) in [5, 5.41) is 7.24. The lowest BCUT2D eigenvalue weighted by atomic mass is 10.0. The molecule has 1 aromatic carbocycles. The van der Waals surface area contributed by atoms with Crippen molar-refractivity contribution in [2.24, 2.45) is 5.92 Å². The molecule has 1 aromatic heterocycles. The van der Waals surface area contributed by atoms with Gasteiger partial charge in [-0.2, -0.15) is 16.9 Å². The zero-order chi connectivity index (χ0) is 17.6. The molecule has 1 aliphatic rings. The topological polar surface area (TPSA) is 50.2 Å². The highest BCUT2D eigenvalue weighted by Crippen LogP contribution is 2.19. The van der Waals surface area contributed by atoms with E-state index in [2.05, 4.69) is 16.7 Å². The van der Waals surface area contributed by atoms with Crippen LogP contribution in [0, 0.1) is 11.7 Å². The second-order valence-electron chi connectivity index (χ2n) is 6.34. The summed E-state index contributed by atoms with van der Waals surface area (Å²) in [6.07, 6.45) is 7.95. The Morgan fingerprint density at radius 3 is 2.96 bits per heavy atom. The van der Waals surface area contributed by atoms with Gasteiger partial charge in [-0.25, -0.2) is 13.9 Å². The molecule has 2 aromatic rings. The molecule has 5 nitrogen and oxygen atoms in total. The summed E-state index contributed by atoms with van der Waals surface area (Å²) in [6, 6.07) is 6.13. The Labute approximate surface area is 151 Å². The molecule has 1 saturated heterocycles. The minimum Gasteiger partial charge on any atom is -0.334 e. The molecule has 134 valence electrons. The zero-order valence-corrected chi connectivity index (χ0v) is 15.1. The molecule has 0 unspecified atom stereocenters. The number of amides is 2. The molecule has 25 heavy (non-hydrogen) atoms. The van der Waals surface area contributed by atoms with E-state index in [1.54, 1.807) is 23.0 Å². The number of hydrogen-bond donors (Lipinski definition) is 1. The molecule has 3 rings (SSSR count). The fraction of sp³-hybridized carbons (Fsp3) is 0.444. The highest BCUT2D eigenvalue weighted by molar-refractivity contribution is 7.98. The van der Waals surface area contributed by atoms with Gasteiger partial charge in [0.1, 0.15) is 5.82 Å². The Hall–Kier alpha value is -2.02. The van der Waals surface area contributed by atoms with Crippen LogP contribution in [0.1, 0.15) is 18.4 Å². The van der Waals surface area contributed by atoms with Gasteiger partial charge in [-0.15, -0.1) is 0 Å². The summed E-state index contributed by atoms with van der Waals surface area (Å²) in [4.78, 5) is 14.3. The van der Waals surface area contributed by atoms with Crippen LogP contribution in [0.15, 0.2) is 36.7 Å². The van der Waals surface area contributed by atoms with E-state index in [0.717, 1.165) is 36.5 Å². The lowest BCUT2D eigenvalue weighted by Crippen LogP contribution is -2.45. The summed E-state index contributed by atoms with van der Waals surface area (Å²) in [5.41, 5.74) is 1.70. The Balaban J connectivity index is 1.53. The van der Waals surface area contributed by atoms with Crippen LogP contribution in [-0.4, -0.2) is 45.8 Å². The zero-order valence-electron chi connectivity index (χ0n) is 14.3. The number of piperidine rings is 1. The molecule has 0 bridgehead atoms. The van der Waals surface area contributed by atoms with Crippen molar-refractivity contribution < 1.29 is 9.18 Å². The third-order valence-corrected chi connectivity index (χ3v) is 5.18. The maximum absolute atomic E-state index is 13.0. The van der Waals surface area contributed by atoms with E-state index in [1.165, 1.54) is 18.6 Å². The van der Waals surface area contributed by atoms with Crippen LogP contribution in [-0.2, 0) is 6.54 Å². The predicted octanol–water partition coefficient (Wildman–Crippen LogP) is 3.30. The highest BCUT2D eigenvalue weighted by Gasteiger charge is 2.23. The summed E-state index contributed by atoms with van der Waals surface area (Å²) in [7, 11) is 0. The van der Waals surface area contributed by atoms with Crippen LogP contribution in [0.2, 0.25) is 0 Å². The van der Waals surface area contributed by atoms with Crippen LogP contribution in [0.5, 0.6) is 0 Å². The van der Waals surface area contributed by atoms with Gasteiger partial charge in [-0.3, -0.25) is 0 Å². The van der Waals surface area contributed by atoms with Gasteiger partial charge >= 0.3 is 6.03 Å². The molecule has 0 aliphatic carbocycles. The SMILES string of the molecule is CSC[C@@H]1CCCN(C(=O)NCc2cnn(-c3ccc(F)cc3)c2)C1. The Bertz CT molecular complexity index is 701. The number of aromatic nitrogens is 2. The van der Waals surface area contributed by atoms with Gasteiger partial charge in [0, 0.05) is 31.4 Å². The standard InChI is InChI=1S/C18H23FN4OS/c1-25-13-14-3-2-8-22(11-14)18(24)20-9-15-10-21-23(12-15)17-6-4-16(19)5-7-17/h4-7,10,12,14H,2-3,8-9,11,13H2,1H3,(H,20,24)/t14-/m1/s1. The van der Waals surface area contributed by atoms with Crippen molar-refractivity contribution in [2.45, 2.75) is 19.4 Å². The third-order valence-electron chi connectivity index (χ3n) is 4.38. The van der Waals surface area contributed by atoms with Crippen LogP contribution in [0.3, 0.4) is 0 Å². The van der Waals surface area contributed by atoms with E-state index in [9.17, 15) is 9.18 Å². The second-order valence-corrected chi connectivity index (χ2v) is 7.25. The van der Waals surface area contributed by atoms with Crippen LogP contribution < -0.4 is 5.32 Å². The third kappa shape index (κ3) is 4.75. The van der Waals surface area contributed by atoms with Crippen molar-refractivity contribution in [3.63, 3.8) is 0 Å². The summed E-state index contributed by atoms with van der Waals surface area (Å²) in [5.74, 6) is 1.43. The van der Waals surface area contributed by atoms with Crippen molar-refractivity contribution in [2.75, 3.05) is 25.1 Å². The van der Waals surface area contributed by atoms with E-state index in [0.29, 0.717) is 12.5 Å². The van der Waals surface area contributed by atoms with Crippen molar-refractivity contribution in [3.8, 4) is 5.69 Å². The van der Waals surface area contributed by atoms with E-state index in [-0.39, 0.29) is 11.8 Å². The van der Waals surface area contributed by atoms with E-state index < -0.39 is 0 Å². The van der Waals surface area contributed by atoms with Gasteiger partial charge in [0.05, 0.1) is 11.9 Å². The number of nitrogens with zero attached hydrogens (tertiary/aromatic N) is 3. The van der Waals surface area contributed by atoms with Gasteiger partial charge in [0.15, 0.2) is 0 Å². The first kappa shape index (κ1) is 17.8. The number of likely N-dealkylation sites (tertiary alicyclic amines) is 1. The van der Waals surface area contributed by atoms with Gasteiger partial charge in [0.25, 0.3) is 0 Å². The molecule has 0 radical (unpaired) electrons. The number of halogens is 1. The van der Waals surface area contributed by atoms with Gasteiger partial charge in [-0.05, 0) is 55.0 Å². The molecule has 0 saturated carbocycles. The molecular formula is C18H23FN4OS. The first-order chi connectivity index (χ1) is 12.2. The quantitative estimate of drug-likeness (QED) is 0.888. The maximum atomic E-state index is 13.0. The highest BCUT2D eigenvalue weighted by atomic mass is 32.2. The van der Waals surface area contributed by atoms with Crippen molar-refractivity contribution in [3.05, 3.63) is 48.0 Å². The number of hydrogen-bond acceptors (Lipinski definition) is 3. The maximum Gasteiger partial charge on any atom is 0.317 e. The molecule has 1 fully saturated rings. The minimum atomic E-state index is -0.273. The van der Waals surface area contributed by atoms with Crippen LogP contribution >= 0.6 is 11.8 Å². The van der Waals surface area contributed by atoms with Gasteiger partial charge in [0.2, 0.25) is 0 Å². The fourth-order valence-electron chi connectivity index (χ4n) is 3.10. The molecule has 2 heterocycles. The number of rotatable bonds is 5. The second kappa shape index (κ2) is 8.38. The average molecular weight is 362 g/mol. The number of benzene rings is 1. The van der Waals surface area contributed by atoms with Crippen molar-refractivity contribution in [1.82, 2.24) is 20.0 Å². The summed E-state index contributed by atoms with van der Waals surface area (Å²) < 4.78 is 14.7. The average Bonchev–Trinajstić information content (AvgIpc) is 3.10. The Morgan fingerprint density at radius 2 is 2.20 bits per heavy atom. The Morgan fingerprint density at radius 1 is 1.40 bits per heavy atom. The number of carbonyl (C=O) groups excluding carboxylic acids is 1. The lowest BCUT2D eigenvalue weighted by molar-refractivity contribution is 0.170. The minimum absolute atomic E-state index is 0.0136. The molecule has 1 atom stereocenters. The molecule has 7 heteroatoms. The number of carbonyl (C=O) groups is 1. The fourth-order valence-corrected chi connectivity index (χ4v) is 3.84. The van der Waals surface area contributed by atoms with Crippen LogP contribution in [0.25, 0.3) is 5.69 Å². The molecule has 1 N–H and O–H groups in total. The lowest BCUT2D eigenvalue weighted by Gasteiger charge is -2.32. The smallest absolute Gasteiger partial charge is 0.317 e. The van der Waals surface area contributed by atoms with E-state index >= 15 is 0 Å². The summed E-state index contributed by atoms with van der Waals surface area (Å²) >= 11 is 1.84. The van der Waals surface area contributed by atoms with Gasteiger partial charge < -0.3 is 10.2 Å². The number of nitrogens with one attached hydrogen (secondary N) is 1. The van der Waals surface area contributed by atoms with Crippen molar-refractivity contribution in [1.29, 1.82) is 0 Å². The monoisotopic (exact) mass is 362 g/mol. The molecular weight excluding hydrogens is 339 g/mol. The van der Waals surface area contributed by atoms with Gasteiger partial charge in [-0.1, -0.05) is 0 Å². The Kier molecular flexibility index (Phi) is 5.96. The normalized spacial score (nSPS) is 17.5. The molecule has 2 amide bonds. The summed E-state index contributed by atoms with van der Waals surface area (Å²) in [6.45, 7) is 2.09. The number of thioether (sulfide) groups is 1. The van der Waals surface area contributed by atoms with Crippen molar-refractivity contribution >= 4 is 17.8 Å². The first-order valence-electron chi connectivity index (χ1n) is 8.47. The van der Waals surface area contributed by atoms with E-state index in [1.807, 2.05) is 22.9 Å². The molecule has 0 spiro atoms. The molecule has 1 aliphatic heterocycles. The van der Waals surface area contributed by atoms with E-state index in [4.69, 9.17) is 0 Å². The first-order valence-corrected chi connectivity index (χ1v) is 9.86. The van der Waals surface area contributed by atoms with Crippen LogP contribution in [0.4, 0.5) is 9.18 Å².